The van der Waals surface area contributed by atoms with Gasteiger partial charge in [-0.05, 0) is 37.6 Å². The van der Waals surface area contributed by atoms with Crippen LogP contribution in [0.25, 0.3) is 0 Å². The van der Waals surface area contributed by atoms with Gasteiger partial charge in [-0.1, -0.05) is 19.4 Å². The lowest BCUT2D eigenvalue weighted by atomic mass is 10.0. The Labute approximate surface area is 96.8 Å². The van der Waals surface area contributed by atoms with Gasteiger partial charge in [0.25, 0.3) is 0 Å². The molecule has 1 unspecified atom stereocenters. The van der Waals surface area contributed by atoms with Crippen molar-refractivity contribution in [3.8, 4) is 5.75 Å². The quantitative estimate of drug-likeness (QED) is 0.803. The predicted molar refractivity (Wildman–Crippen MR) is 64.4 cm³/mol. The fourth-order valence-corrected chi connectivity index (χ4v) is 1.82. The Bertz CT molecular complexity index is 328. The number of likely N-dealkylation sites (N-methyl/N-ethyl adjacent to an activating group) is 1. The Hall–Kier alpha value is -1.09. The summed E-state index contributed by atoms with van der Waals surface area (Å²) < 4.78 is 18.3. The van der Waals surface area contributed by atoms with Gasteiger partial charge in [0.15, 0.2) is 11.6 Å². The van der Waals surface area contributed by atoms with E-state index in [-0.39, 0.29) is 5.82 Å². The third-order valence-corrected chi connectivity index (χ3v) is 2.74. The van der Waals surface area contributed by atoms with E-state index in [0.717, 1.165) is 24.8 Å². The Kier molecular flexibility index (Phi) is 5.26. The van der Waals surface area contributed by atoms with Crippen molar-refractivity contribution in [2.75, 3.05) is 14.2 Å². The molecule has 0 saturated carbocycles. The lowest BCUT2D eigenvalue weighted by Gasteiger charge is -2.15. The van der Waals surface area contributed by atoms with Crippen molar-refractivity contribution < 1.29 is 9.13 Å². The van der Waals surface area contributed by atoms with Crippen molar-refractivity contribution in [2.45, 2.75) is 32.2 Å². The minimum absolute atomic E-state index is 0.286. The summed E-state index contributed by atoms with van der Waals surface area (Å²) in [7, 11) is 3.42. The molecule has 1 N–H and O–H groups in total. The van der Waals surface area contributed by atoms with Crippen LogP contribution in [0.3, 0.4) is 0 Å². The summed E-state index contributed by atoms with van der Waals surface area (Å²) in [5.41, 5.74) is 1.01. The minimum atomic E-state index is -0.286. The van der Waals surface area contributed by atoms with Crippen molar-refractivity contribution in [1.29, 1.82) is 0 Å². The number of benzene rings is 1. The highest BCUT2D eigenvalue weighted by Crippen LogP contribution is 2.19. The van der Waals surface area contributed by atoms with E-state index in [1.54, 1.807) is 12.1 Å². The number of nitrogens with one attached hydrogen (secondary N) is 1. The molecule has 0 saturated heterocycles. The van der Waals surface area contributed by atoms with Gasteiger partial charge in [-0.3, -0.25) is 0 Å². The smallest absolute Gasteiger partial charge is 0.165 e. The summed E-state index contributed by atoms with van der Waals surface area (Å²) >= 11 is 0. The molecule has 16 heavy (non-hydrogen) atoms. The molecule has 0 amide bonds. The third kappa shape index (κ3) is 3.49. The highest BCUT2D eigenvalue weighted by Gasteiger charge is 2.08. The van der Waals surface area contributed by atoms with E-state index < -0.39 is 0 Å². The van der Waals surface area contributed by atoms with Gasteiger partial charge in [0.2, 0.25) is 0 Å². The number of methoxy groups -OCH3 is 1. The van der Waals surface area contributed by atoms with Crippen LogP contribution in [-0.4, -0.2) is 20.2 Å². The average Bonchev–Trinajstić information content (AvgIpc) is 2.28. The van der Waals surface area contributed by atoms with Crippen LogP contribution < -0.4 is 10.1 Å². The third-order valence-electron chi connectivity index (χ3n) is 2.74. The van der Waals surface area contributed by atoms with Gasteiger partial charge in [-0.25, -0.2) is 4.39 Å². The van der Waals surface area contributed by atoms with Crippen LogP contribution >= 0.6 is 0 Å². The second kappa shape index (κ2) is 6.48. The molecule has 0 aliphatic carbocycles. The fourth-order valence-electron chi connectivity index (χ4n) is 1.82. The van der Waals surface area contributed by atoms with Crippen LogP contribution in [0, 0.1) is 5.82 Å². The predicted octanol–water partition coefficient (Wildman–Crippen LogP) is 2.76. The van der Waals surface area contributed by atoms with E-state index >= 15 is 0 Å². The molecule has 0 radical (unpaired) electrons. The number of rotatable bonds is 6. The van der Waals surface area contributed by atoms with Crippen LogP contribution in [0.15, 0.2) is 18.2 Å². The molecule has 0 aliphatic rings. The zero-order chi connectivity index (χ0) is 12.0. The average molecular weight is 225 g/mol. The van der Waals surface area contributed by atoms with E-state index in [2.05, 4.69) is 12.2 Å². The van der Waals surface area contributed by atoms with Gasteiger partial charge in [-0.2, -0.15) is 0 Å². The van der Waals surface area contributed by atoms with Gasteiger partial charge in [0.1, 0.15) is 0 Å². The Balaban J connectivity index is 2.69. The van der Waals surface area contributed by atoms with Gasteiger partial charge in [0.05, 0.1) is 7.11 Å². The van der Waals surface area contributed by atoms with Gasteiger partial charge < -0.3 is 10.1 Å². The van der Waals surface area contributed by atoms with E-state index in [1.165, 1.54) is 7.11 Å². The molecule has 0 aliphatic heterocycles. The van der Waals surface area contributed by atoms with E-state index in [4.69, 9.17) is 4.74 Å². The van der Waals surface area contributed by atoms with Crippen molar-refractivity contribution in [3.05, 3.63) is 29.6 Å². The van der Waals surface area contributed by atoms with Gasteiger partial charge in [0, 0.05) is 6.04 Å². The standard InChI is InChI=1S/C13H20FNO/c1-4-5-11(15-2)8-10-6-7-13(16-3)12(14)9-10/h6-7,9,11,15H,4-5,8H2,1-3H3. The normalized spacial score (nSPS) is 12.5. The summed E-state index contributed by atoms with van der Waals surface area (Å²) in [5.74, 6) is 0.0200. The number of ether oxygens (including phenoxy) is 1. The van der Waals surface area contributed by atoms with E-state index in [0.29, 0.717) is 11.8 Å². The Morgan fingerprint density at radius 1 is 1.44 bits per heavy atom. The monoisotopic (exact) mass is 225 g/mol. The molecule has 0 spiro atoms. The highest BCUT2D eigenvalue weighted by atomic mass is 19.1. The summed E-state index contributed by atoms with van der Waals surface area (Å²) in [6, 6.07) is 5.57. The highest BCUT2D eigenvalue weighted by molar-refractivity contribution is 5.29. The molecule has 1 atom stereocenters. The summed E-state index contributed by atoms with van der Waals surface area (Å²) in [6.45, 7) is 2.15. The van der Waals surface area contributed by atoms with Crippen LogP contribution in [0.1, 0.15) is 25.3 Å². The first-order chi connectivity index (χ1) is 7.71. The first-order valence-corrected chi connectivity index (χ1v) is 5.71. The second-order valence-electron chi connectivity index (χ2n) is 3.95. The fraction of sp³-hybridized carbons (Fsp3) is 0.538. The zero-order valence-electron chi connectivity index (χ0n) is 10.2. The minimum Gasteiger partial charge on any atom is -0.494 e. The molecule has 2 nitrogen and oxygen atoms in total. The van der Waals surface area contributed by atoms with Gasteiger partial charge in [-0.15, -0.1) is 0 Å². The first kappa shape index (κ1) is 13.0. The summed E-state index contributed by atoms with van der Waals surface area (Å²) in [5, 5.41) is 3.25. The van der Waals surface area contributed by atoms with Crippen LogP contribution in [0.5, 0.6) is 5.75 Å². The van der Waals surface area contributed by atoms with E-state index in [9.17, 15) is 4.39 Å². The van der Waals surface area contributed by atoms with Gasteiger partial charge >= 0.3 is 0 Å². The lowest BCUT2D eigenvalue weighted by Crippen LogP contribution is -2.27. The molecule has 1 rings (SSSR count). The molecule has 0 aromatic heterocycles. The number of hydrogen-bond acceptors (Lipinski definition) is 2. The second-order valence-corrected chi connectivity index (χ2v) is 3.95. The maximum Gasteiger partial charge on any atom is 0.165 e. The molecule has 1 aromatic rings. The molecule has 90 valence electrons. The van der Waals surface area contributed by atoms with Crippen LogP contribution in [0.4, 0.5) is 4.39 Å². The van der Waals surface area contributed by atoms with Crippen LogP contribution in [-0.2, 0) is 6.42 Å². The summed E-state index contributed by atoms with van der Waals surface area (Å²) in [4.78, 5) is 0. The van der Waals surface area contributed by atoms with Crippen molar-refractivity contribution in [3.63, 3.8) is 0 Å². The van der Waals surface area contributed by atoms with Crippen molar-refractivity contribution >= 4 is 0 Å². The molecule has 0 bridgehead atoms. The molecule has 3 heteroatoms. The maximum absolute atomic E-state index is 13.4. The van der Waals surface area contributed by atoms with Crippen LogP contribution in [0.2, 0.25) is 0 Å². The Morgan fingerprint density at radius 3 is 2.69 bits per heavy atom. The molecular weight excluding hydrogens is 205 g/mol. The lowest BCUT2D eigenvalue weighted by molar-refractivity contribution is 0.386. The van der Waals surface area contributed by atoms with Crippen molar-refractivity contribution in [1.82, 2.24) is 5.32 Å². The number of halogens is 1. The topological polar surface area (TPSA) is 21.3 Å². The van der Waals surface area contributed by atoms with E-state index in [1.807, 2.05) is 13.1 Å². The SMILES string of the molecule is CCCC(Cc1ccc(OC)c(F)c1)NC. The van der Waals surface area contributed by atoms with Crippen molar-refractivity contribution in [2.24, 2.45) is 0 Å². The molecular formula is C13H20FNO. The molecule has 0 heterocycles. The largest absolute Gasteiger partial charge is 0.494 e. The molecule has 1 aromatic carbocycles. The molecule has 0 fully saturated rings. The summed E-state index contributed by atoms with van der Waals surface area (Å²) in [6.07, 6.45) is 3.08. The Morgan fingerprint density at radius 2 is 2.19 bits per heavy atom. The first-order valence-electron chi connectivity index (χ1n) is 5.71. The maximum atomic E-state index is 13.4. The number of hydrogen-bond donors (Lipinski definition) is 1. The zero-order valence-corrected chi connectivity index (χ0v) is 10.2.